The molecule has 0 aromatic rings. The molecular formula is C8H17NS. The Balaban J connectivity index is 3.58. The van der Waals surface area contributed by atoms with Crippen molar-refractivity contribution in [3.05, 3.63) is 12.2 Å². The fourth-order valence-corrected chi connectivity index (χ4v) is 1.15. The quantitative estimate of drug-likeness (QED) is 0.476. The smallest absolute Gasteiger partial charge is 0.0264 e. The van der Waals surface area contributed by atoms with E-state index in [-0.39, 0.29) is 0 Å². The highest BCUT2D eigenvalue weighted by molar-refractivity contribution is 7.78. The van der Waals surface area contributed by atoms with E-state index < -0.39 is 0 Å². The molecule has 0 rings (SSSR count). The third-order valence-corrected chi connectivity index (χ3v) is 1.27. The van der Waals surface area contributed by atoms with E-state index in [1.54, 1.807) is 0 Å². The Kier molecular flexibility index (Phi) is 4.06. The van der Waals surface area contributed by atoms with Crippen molar-refractivity contribution < 1.29 is 0 Å². The van der Waals surface area contributed by atoms with Crippen molar-refractivity contribution in [3.8, 4) is 0 Å². The van der Waals surface area contributed by atoms with Crippen LogP contribution in [0.5, 0.6) is 0 Å². The summed E-state index contributed by atoms with van der Waals surface area (Å²) in [7, 11) is 0. The summed E-state index contributed by atoms with van der Waals surface area (Å²) in [5.74, 6) is 0. The summed E-state index contributed by atoms with van der Waals surface area (Å²) < 4.78 is 2.78. The average Bonchev–Trinajstić information content (AvgIpc) is 1.59. The van der Waals surface area contributed by atoms with Crippen LogP contribution in [0.2, 0.25) is 0 Å². The van der Waals surface area contributed by atoms with Gasteiger partial charge in [-0.1, -0.05) is 45.7 Å². The Morgan fingerprint density at radius 3 is 2.30 bits per heavy atom. The van der Waals surface area contributed by atoms with Gasteiger partial charge in [-0.25, -0.2) is 0 Å². The number of hydrogen-bond donors (Lipinski definition) is 2. The predicted molar refractivity (Wildman–Crippen MR) is 50.2 cm³/mol. The minimum Gasteiger partial charge on any atom is -0.263 e. The molecule has 0 fully saturated rings. The fraction of sp³-hybridized carbons (Fsp3) is 0.750. The molecule has 0 atom stereocenters. The third kappa shape index (κ3) is 6.17. The van der Waals surface area contributed by atoms with Crippen molar-refractivity contribution in [2.24, 2.45) is 5.41 Å². The lowest BCUT2D eigenvalue weighted by Crippen LogP contribution is -2.12. The van der Waals surface area contributed by atoms with Crippen LogP contribution in [0.3, 0.4) is 0 Å². The fourth-order valence-electron chi connectivity index (χ4n) is 0.924. The van der Waals surface area contributed by atoms with E-state index in [4.69, 9.17) is 0 Å². The molecule has 1 nitrogen and oxygen atoms in total. The van der Waals surface area contributed by atoms with Gasteiger partial charge in [0.1, 0.15) is 0 Å². The SMILES string of the molecule is C=C(CNS)CC(C)(C)C. The van der Waals surface area contributed by atoms with E-state index in [1.807, 2.05) is 0 Å². The second-order valence-electron chi connectivity index (χ2n) is 3.82. The molecule has 0 saturated heterocycles. The van der Waals surface area contributed by atoms with E-state index in [1.165, 1.54) is 5.57 Å². The van der Waals surface area contributed by atoms with E-state index in [9.17, 15) is 0 Å². The molecule has 0 radical (unpaired) electrons. The van der Waals surface area contributed by atoms with Crippen LogP contribution >= 0.6 is 12.8 Å². The maximum Gasteiger partial charge on any atom is 0.0264 e. The van der Waals surface area contributed by atoms with Gasteiger partial charge in [0.2, 0.25) is 0 Å². The van der Waals surface area contributed by atoms with Gasteiger partial charge in [-0.05, 0) is 11.8 Å². The molecular weight excluding hydrogens is 142 g/mol. The molecule has 0 amide bonds. The molecule has 0 spiro atoms. The van der Waals surface area contributed by atoms with Crippen molar-refractivity contribution in [1.29, 1.82) is 0 Å². The van der Waals surface area contributed by atoms with Crippen molar-refractivity contribution in [2.75, 3.05) is 6.54 Å². The first kappa shape index (κ1) is 10.0. The summed E-state index contributed by atoms with van der Waals surface area (Å²) in [5.41, 5.74) is 1.56. The zero-order chi connectivity index (χ0) is 8.20. The summed E-state index contributed by atoms with van der Waals surface area (Å²) in [6, 6.07) is 0. The van der Waals surface area contributed by atoms with E-state index in [0.717, 1.165) is 13.0 Å². The van der Waals surface area contributed by atoms with Gasteiger partial charge in [-0.3, -0.25) is 4.72 Å². The summed E-state index contributed by atoms with van der Waals surface area (Å²) in [4.78, 5) is 0. The molecule has 2 heteroatoms. The minimum absolute atomic E-state index is 0.349. The van der Waals surface area contributed by atoms with E-state index >= 15 is 0 Å². The van der Waals surface area contributed by atoms with Gasteiger partial charge < -0.3 is 0 Å². The Morgan fingerprint density at radius 2 is 2.00 bits per heavy atom. The second-order valence-corrected chi connectivity index (χ2v) is 4.14. The van der Waals surface area contributed by atoms with E-state index in [2.05, 4.69) is 44.9 Å². The van der Waals surface area contributed by atoms with E-state index in [0.29, 0.717) is 5.41 Å². The highest BCUT2D eigenvalue weighted by Gasteiger charge is 2.10. The van der Waals surface area contributed by atoms with Crippen LogP contribution in [0.15, 0.2) is 12.2 Å². The van der Waals surface area contributed by atoms with Crippen molar-refractivity contribution in [3.63, 3.8) is 0 Å². The summed E-state index contributed by atoms with van der Waals surface area (Å²) in [5, 5.41) is 0. The zero-order valence-electron chi connectivity index (χ0n) is 7.07. The largest absolute Gasteiger partial charge is 0.263 e. The molecule has 0 aliphatic rings. The molecule has 0 heterocycles. The predicted octanol–water partition coefficient (Wildman–Crippen LogP) is 2.41. The van der Waals surface area contributed by atoms with Gasteiger partial charge >= 0.3 is 0 Å². The number of nitrogens with one attached hydrogen (secondary N) is 1. The maximum atomic E-state index is 3.92. The lowest BCUT2D eigenvalue weighted by Gasteiger charge is -2.19. The van der Waals surface area contributed by atoms with Gasteiger partial charge in [-0.15, -0.1) is 0 Å². The van der Waals surface area contributed by atoms with Crippen LogP contribution in [0.25, 0.3) is 0 Å². The Bertz CT molecular complexity index is 113. The first-order valence-electron chi connectivity index (χ1n) is 3.49. The van der Waals surface area contributed by atoms with Crippen LogP contribution in [0.1, 0.15) is 27.2 Å². The molecule has 0 unspecified atom stereocenters. The summed E-state index contributed by atoms with van der Waals surface area (Å²) >= 11 is 3.90. The molecule has 0 aliphatic heterocycles. The lowest BCUT2D eigenvalue weighted by molar-refractivity contribution is 0.407. The Morgan fingerprint density at radius 1 is 1.50 bits per heavy atom. The normalized spacial score (nSPS) is 11.6. The lowest BCUT2D eigenvalue weighted by atomic mass is 9.88. The molecule has 0 bridgehead atoms. The van der Waals surface area contributed by atoms with Crippen molar-refractivity contribution in [1.82, 2.24) is 4.72 Å². The maximum absolute atomic E-state index is 3.92. The molecule has 0 aliphatic carbocycles. The molecule has 10 heavy (non-hydrogen) atoms. The zero-order valence-corrected chi connectivity index (χ0v) is 7.96. The van der Waals surface area contributed by atoms with Crippen LogP contribution in [0, 0.1) is 5.41 Å². The van der Waals surface area contributed by atoms with Gasteiger partial charge in [0.25, 0.3) is 0 Å². The van der Waals surface area contributed by atoms with Gasteiger partial charge in [0.15, 0.2) is 0 Å². The number of thiol groups is 1. The van der Waals surface area contributed by atoms with Gasteiger partial charge in [0, 0.05) is 6.54 Å². The number of hydrogen-bond acceptors (Lipinski definition) is 2. The topological polar surface area (TPSA) is 12.0 Å². The molecule has 1 N–H and O–H groups in total. The van der Waals surface area contributed by atoms with Crippen LogP contribution in [-0.2, 0) is 0 Å². The first-order valence-corrected chi connectivity index (χ1v) is 3.94. The number of rotatable bonds is 3. The summed E-state index contributed by atoms with van der Waals surface area (Å²) in [6.07, 6.45) is 1.06. The molecule has 60 valence electrons. The van der Waals surface area contributed by atoms with Crippen molar-refractivity contribution in [2.45, 2.75) is 27.2 Å². The average molecular weight is 159 g/mol. The third-order valence-electron chi connectivity index (χ3n) is 1.11. The van der Waals surface area contributed by atoms with Gasteiger partial charge in [0.05, 0.1) is 0 Å². The first-order chi connectivity index (χ1) is 4.45. The standard InChI is InChI=1S/C8H17NS/c1-7(6-9-10)5-8(2,3)4/h9-10H,1,5-6H2,2-4H3. The van der Waals surface area contributed by atoms with Crippen LogP contribution in [-0.4, -0.2) is 6.54 Å². The highest BCUT2D eigenvalue weighted by Crippen LogP contribution is 2.22. The monoisotopic (exact) mass is 159 g/mol. The summed E-state index contributed by atoms with van der Waals surface area (Å²) in [6.45, 7) is 11.3. The Hall–Kier alpha value is 0.0500. The highest BCUT2D eigenvalue weighted by atomic mass is 32.1. The minimum atomic E-state index is 0.349. The second kappa shape index (κ2) is 4.04. The van der Waals surface area contributed by atoms with Gasteiger partial charge in [-0.2, -0.15) is 0 Å². The molecule has 0 aromatic carbocycles. The Labute approximate surface area is 69.4 Å². The van der Waals surface area contributed by atoms with Crippen LogP contribution in [0.4, 0.5) is 0 Å². The molecule has 0 saturated carbocycles. The van der Waals surface area contributed by atoms with Crippen molar-refractivity contribution >= 4 is 12.8 Å². The van der Waals surface area contributed by atoms with Crippen LogP contribution < -0.4 is 4.72 Å². The molecule has 0 aromatic heterocycles.